The van der Waals surface area contributed by atoms with E-state index in [1.54, 1.807) is 24.3 Å². The quantitative estimate of drug-likeness (QED) is 0.773. The lowest BCUT2D eigenvalue weighted by Crippen LogP contribution is -2.49. The van der Waals surface area contributed by atoms with Crippen molar-refractivity contribution in [2.24, 2.45) is 5.92 Å². The van der Waals surface area contributed by atoms with Gasteiger partial charge in [-0.05, 0) is 44.3 Å². The molecule has 1 aromatic carbocycles. The normalized spacial score (nSPS) is 22.1. The Morgan fingerprint density at radius 2 is 1.80 bits per heavy atom. The van der Waals surface area contributed by atoms with E-state index in [0.717, 1.165) is 39.1 Å². The average molecular weight is 346 g/mol. The van der Waals surface area contributed by atoms with E-state index in [-0.39, 0.29) is 23.5 Å². The number of likely N-dealkylation sites (N-methyl/N-ethyl adjacent to an activating group) is 1. The molecule has 0 aromatic heterocycles. The monoisotopic (exact) mass is 346 g/mol. The molecule has 3 rings (SSSR count). The second-order valence-corrected chi connectivity index (χ2v) is 6.94. The van der Waals surface area contributed by atoms with Crippen molar-refractivity contribution in [3.05, 3.63) is 24.3 Å². The number of anilines is 1. The van der Waals surface area contributed by atoms with Crippen LogP contribution in [0, 0.1) is 5.92 Å². The summed E-state index contributed by atoms with van der Waals surface area (Å²) in [5.74, 6) is 0.203. The van der Waals surface area contributed by atoms with Crippen molar-refractivity contribution >= 4 is 17.5 Å². The van der Waals surface area contributed by atoms with E-state index in [4.69, 9.17) is 0 Å². The first kappa shape index (κ1) is 17.7. The van der Waals surface area contributed by atoms with Crippen molar-refractivity contribution in [1.82, 2.24) is 14.7 Å². The SMILES string of the molecule is CN1CCN(C(=O)CN2CC[C@@H](C(=O)Nc3ccc(O)cc3)C2)CC1. The molecule has 2 saturated heterocycles. The van der Waals surface area contributed by atoms with Crippen LogP contribution in [-0.2, 0) is 9.59 Å². The molecular formula is C18H26N4O3. The molecule has 2 fully saturated rings. The van der Waals surface area contributed by atoms with E-state index in [2.05, 4.69) is 22.2 Å². The number of carbonyl (C=O) groups excluding carboxylic acids is 2. The van der Waals surface area contributed by atoms with Gasteiger partial charge in [-0.25, -0.2) is 0 Å². The minimum atomic E-state index is -0.103. The Kier molecular flexibility index (Phi) is 5.55. The molecule has 0 aliphatic carbocycles. The molecule has 0 radical (unpaired) electrons. The number of hydrogen-bond donors (Lipinski definition) is 2. The maximum absolute atomic E-state index is 12.4. The minimum Gasteiger partial charge on any atom is -0.508 e. The lowest BCUT2D eigenvalue weighted by Gasteiger charge is -2.33. The summed E-state index contributed by atoms with van der Waals surface area (Å²) >= 11 is 0. The lowest BCUT2D eigenvalue weighted by molar-refractivity contribution is -0.134. The molecule has 25 heavy (non-hydrogen) atoms. The number of hydrogen-bond acceptors (Lipinski definition) is 5. The fourth-order valence-electron chi connectivity index (χ4n) is 3.33. The third-order valence-corrected chi connectivity index (χ3v) is 4.99. The van der Waals surface area contributed by atoms with Crippen LogP contribution in [-0.4, -0.2) is 84.5 Å². The Bertz CT molecular complexity index is 611. The van der Waals surface area contributed by atoms with Crippen LogP contribution in [0.25, 0.3) is 0 Å². The van der Waals surface area contributed by atoms with Gasteiger partial charge in [0.1, 0.15) is 5.75 Å². The number of carbonyl (C=O) groups is 2. The summed E-state index contributed by atoms with van der Waals surface area (Å²) in [5.41, 5.74) is 0.676. The van der Waals surface area contributed by atoms with Gasteiger partial charge < -0.3 is 20.2 Å². The van der Waals surface area contributed by atoms with Crippen molar-refractivity contribution in [2.45, 2.75) is 6.42 Å². The summed E-state index contributed by atoms with van der Waals surface area (Å²) in [6.07, 6.45) is 0.764. The zero-order valence-electron chi connectivity index (χ0n) is 14.6. The molecule has 2 aliphatic heterocycles. The Balaban J connectivity index is 1.45. The number of amides is 2. The maximum Gasteiger partial charge on any atom is 0.236 e. The van der Waals surface area contributed by atoms with Crippen molar-refractivity contribution in [3.63, 3.8) is 0 Å². The molecule has 0 saturated carbocycles. The van der Waals surface area contributed by atoms with Crippen molar-refractivity contribution < 1.29 is 14.7 Å². The molecule has 1 aromatic rings. The van der Waals surface area contributed by atoms with Crippen molar-refractivity contribution in [2.75, 3.05) is 58.2 Å². The molecule has 7 nitrogen and oxygen atoms in total. The number of benzene rings is 1. The van der Waals surface area contributed by atoms with E-state index in [1.165, 1.54) is 0 Å². The Morgan fingerprint density at radius 1 is 1.12 bits per heavy atom. The Labute approximate surface area is 148 Å². The molecule has 2 N–H and O–H groups in total. The van der Waals surface area contributed by atoms with Gasteiger partial charge in [0.15, 0.2) is 0 Å². The number of aromatic hydroxyl groups is 1. The number of phenols is 1. The highest BCUT2D eigenvalue weighted by molar-refractivity contribution is 5.93. The molecule has 7 heteroatoms. The largest absolute Gasteiger partial charge is 0.508 e. The first-order valence-corrected chi connectivity index (χ1v) is 8.80. The zero-order valence-corrected chi connectivity index (χ0v) is 14.6. The third kappa shape index (κ3) is 4.70. The molecule has 0 bridgehead atoms. The fraction of sp³-hybridized carbons (Fsp3) is 0.556. The highest BCUT2D eigenvalue weighted by atomic mass is 16.3. The second-order valence-electron chi connectivity index (χ2n) is 6.94. The van der Waals surface area contributed by atoms with Gasteiger partial charge in [-0.3, -0.25) is 14.5 Å². The van der Waals surface area contributed by atoms with Crippen LogP contribution < -0.4 is 5.32 Å². The fourth-order valence-corrected chi connectivity index (χ4v) is 3.33. The number of piperazine rings is 1. The van der Waals surface area contributed by atoms with Crippen LogP contribution in [0.4, 0.5) is 5.69 Å². The molecule has 2 amide bonds. The van der Waals surface area contributed by atoms with Gasteiger partial charge >= 0.3 is 0 Å². The molecule has 2 heterocycles. The molecule has 0 spiro atoms. The summed E-state index contributed by atoms with van der Waals surface area (Å²) in [5, 5.41) is 12.2. The van der Waals surface area contributed by atoms with Crippen LogP contribution >= 0.6 is 0 Å². The molecule has 2 aliphatic rings. The average Bonchev–Trinajstić information content (AvgIpc) is 3.06. The van der Waals surface area contributed by atoms with Crippen LogP contribution in [0.2, 0.25) is 0 Å². The van der Waals surface area contributed by atoms with Crippen LogP contribution in [0.15, 0.2) is 24.3 Å². The molecule has 136 valence electrons. The summed E-state index contributed by atoms with van der Waals surface area (Å²) in [4.78, 5) is 31.0. The van der Waals surface area contributed by atoms with E-state index in [0.29, 0.717) is 18.8 Å². The number of rotatable bonds is 4. The first-order chi connectivity index (χ1) is 12.0. The molecular weight excluding hydrogens is 320 g/mol. The first-order valence-electron chi connectivity index (χ1n) is 8.80. The summed E-state index contributed by atoms with van der Waals surface area (Å²) in [7, 11) is 2.07. The predicted octanol–water partition coefficient (Wildman–Crippen LogP) is 0.427. The van der Waals surface area contributed by atoms with Crippen molar-refractivity contribution in [3.8, 4) is 5.75 Å². The number of nitrogens with zero attached hydrogens (tertiary/aromatic N) is 3. The van der Waals surface area contributed by atoms with E-state index >= 15 is 0 Å². The molecule has 1 atom stereocenters. The van der Waals surface area contributed by atoms with Gasteiger partial charge in [-0.2, -0.15) is 0 Å². The number of phenolic OH excluding ortho intramolecular Hbond substituents is 1. The standard InChI is InChI=1S/C18H26N4O3/c1-20-8-10-22(11-9-20)17(24)13-21-7-6-14(12-21)18(25)19-15-2-4-16(23)5-3-15/h2-5,14,23H,6-13H2,1H3,(H,19,25)/t14-/m1/s1. The highest BCUT2D eigenvalue weighted by Gasteiger charge is 2.30. The predicted molar refractivity (Wildman–Crippen MR) is 95.4 cm³/mol. The second kappa shape index (κ2) is 7.84. The topological polar surface area (TPSA) is 76.1 Å². The van der Waals surface area contributed by atoms with E-state index in [1.807, 2.05) is 4.90 Å². The summed E-state index contributed by atoms with van der Waals surface area (Å²) in [6.45, 7) is 5.19. The summed E-state index contributed by atoms with van der Waals surface area (Å²) in [6, 6.07) is 6.45. The van der Waals surface area contributed by atoms with Gasteiger partial charge in [0.25, 0.3) is 0 Å². The van der Waals surface area contributed by atoms with Gasteiger partial charge in [0.2, 0.25) is 11.8 Å². The highest BCUT2D eigenvalue weighted by Crippen LogP contribution is 2.20. The van der Waals surface area contributed by atoms with Crippen LogP contribution in [0.1, 0.15) is 6.42 Å². The smallest absolute Gasteiger partial charge is 0.236 e. The lowest BCUT2D eigenvalue weighted by atomic mass is 10.1. The van der Waals surface area contributed by atoms with E-state index in [9.17, 15) is 14.7 Å². The van der Waals surface area contributed by atoms with Crippen LogP contribution in [0.5, 0.6) is 5.75 Å². The van der Waals surface area contributed by atoms with Gasteiger partial charge in [0, 0.05) is 38.4 Å². The Hall–Kier alpha value is -2.12. The number of likely N-dealkylation sites (tertiary alicyclic amines) is 1. The maximum atomic E-state index is 12.4. The summed E-state index contributed by atoms with van der Waals surface area (Å²) < 4.78 is 0. The molecule has 0 unspecified atom stereocenters. The zero-order chi connectivity index (χ0) is 17.8. The third-order valence-electron chi connectivity index (χ3n) is 4.99. The Morgan fingerprint density at radius 3 is 2.48 bits per heavy atom. The van der Waals surface area contributed by atoms with Crippen LogP contribution in [0.3, 0.4) is 0 Å². The van der Waals surface area contributed by atoms with E-state index < -0.39 is 0 Å². The van der Waals surface area contributed by atoms with Gasteiger partial charge in [-0.1, -0.05) is 0 Å². The van der Waals surface area contributed by atoms with Gasteiger partial charge in [-0.15, -0.1) is 0 Å². The van der Waals surface area contributed by atoms with Gasteiger partial charge in [0.05, 0.1) is 12.5 Å². The minimum absolute atomic E-state index is 0.0276. The van der Waals surface area contributed by atoms with Crippen molar-refractivity contribution in [1.29, 1.82) is 0 Å². The number of nitrogens with one attached hydrogen (secondary N) is 1.